The van der Waals surface area contributed by atoms with E-state index in [-0.39, 0.29) is 17.5 Å². The first-order valence-corrected chi connectivity index (χ1v) is 10.3. The van der Waals surface area contributed by atoms with E-state index in [1.165, 1.54) is 0 Å². The summed E-state index contributed by atoms with van der Waals surface area (Å²) in [6.07, 6.45) is 2.61. The molecule has 2 N–H and O–H groups in total. The maximum Gasteiger partial charge on any atom is 0.276 e. The molecule has 7 nitrogen and oxygen atoms in total. The highest BCUT2D eigenvalue weighted by Crippen LogP contribution is 2.21. The number of nitrogens with one attached hydrogen (secondary N) is 2. The van der Waals surface area contributed by atoms with Gasteiger partial charge in [0, 0.05) is 35.9 Å². The van der Waals surface area contributed by atoms with Crippen molar-refractivity contribution in [3.63, 3.8) is 0 Å². The van der Waals surface area contributed by atoms with Crippen molar-refractivity contribution in [2.24, 2.45) is 0 Å². The number of hydrogen-bond acceptors (Lipinski definition) is 5. The molecule has 1 aromatic heterocycles. The lowest BCUT2D eigenvalue weighted by Crippen LogP contribution is -2.33. The molecule has 7 heteroatoms. The zero-order valence-corrected chi connectivity index (χ0v) is 17.6. The fourth-order valence-electron chi connectivity index (χ4n) is 3.66. The van der Waals surface area contributed by atoms with E-state index in [0.29, 0.717) is 28.7 Å². The number of benzene rings is 2. The summed E-state index contributed by atoms with van der Waals surface area (Å²) >= 11 is 0. The van der Waals surface area contributed by atoms with Crippen LogP contribution in [0, 0.1) is 6.92 Å². The van der Waals surface area contributed by atoms with Crippen molar-refractivity contribution in [2.75, 3.05) is 25.5 Å². The minimum atomic E-state index is -0.307. The fraction of sp³-hybridized carbons (Fsp3) is 0.250. The topological polar surface area (TPSA) is 87.2 Å². The maximum absolute atomic E-state index is 12.7. The van der Waals surface area contributed by atoms with Crippen molar-refractivity contribution in [3.05, 3.63) is 77.7 Å². The van der Waals surface area contributed by atoms with E-state index < -0.39 is 0 Å². The number of likely N-dealkylation sites (N-methyl/N-ethyl adjacent to an activating group) is 1. The van der Waals surface area contributed by atoms with E-state index in [9.17, 15) is 9.59 Å². The van der Waals surface area contributed by atoms with Crippen LogP contribution in [0.1, 0.15) is 33.0 Å². The summed E-state index contributed by atoms with van der Waals surface area (Å²) in [6.45, 7) is 3.24. The van der Waals surface area contributed by atoms with E-state index in [0.717, 1.165) is 25.1 Å². The molecule has 158 valence electrons. The molecule has 0 saturated carbocycles. The lowest BCUT2D eigenvalue weighted by atomic mass is 10.1. The average Bonchev–Trinajstić information content (AvgIpc) is 3.29. The van der Waals surface area contributed by atoms with Crippen molar-refractivity contribution >= 4 is 17.5 Å². The molecule has 1 atom stereocenters. The molecular formula is C24H25N5O2. The Morgan fingerprint density at radius 3 is 2.48 bits per heavy atom. The Kier molecular flexibility index (Phi) is 6.04. The van der Waals surface area contributed by atoms with Crippen LogP contribution in [0.2, 0.25) is 0 Å². The van der Waals surface area contributed by atoms with Gasteiger partial charge in [0.2, 0.25) is 0 Å². The predicted octanol–water partition coefficient (Wildman–Crippen LogP) is 3.14. The zero-order chi connectivity index (χ0) is 21.8. The molecule has 1 aliphatic heterocycles. The number of nitrogens with zero attached hydrogens (tertiary/aromatic N) is 3. The second-order valence-corrected chi connectivity index (χ2v) is 7.61. The van der Waals surface area contributed by atoms with Gasteiger partial charge in [0.25, 0.3) is 11.8 Å². The first-order valence-electron chi connectivity index (χ1n) is 10.3. The molecule has 2 heterocycles. The van der Waals surface area contributed by atoms with Gasteiger partial charge in [0.1, 0.15) is 5.69 Å². The number of amides is 2. The Balaban J connectivity index is 1.51. The highest BCUT2D eigenvalue weighted by Gasteiger charge is 2.25. The minimum Gasteiger partial charge on any atom is -0.337 e. The minimum absolute atomic E-state index is 0.0298. The number of carbonyl (C=O) groups excluding carboxylic acids is 2. The molecule has 3 aromatic rings. The SMILES string of the molecule is CN[C@H]1CCN(C(=O)c2ccc(-c3cnc(C)c(C(=O)Nc4ccccc4)n3)cc2)C1. The molecule has 31 heavy (non-hydrogen) atoms. The molecule has 2 aromatic carbocycles. The summed E-state index contributed by atoms with van der Waals surface area (Å²) in [7, 11) is 1.92. The van der Waals surface area contributed by atoms with Crippen LogP contribution in [0.25, 0.3) is 11.3 Å². The Bertz CT molecular complexity index is 1080. The van der Waals surface area contributed by atoms with Crippen molar-refractivity contribution in [2.45, 2.75) is 19.4 Å². The lowest BCUT2D eigenvalue weighted by molar-refractivity contribution is 0.0789. The normalized spacial score (nSPS) is 15.7. The first kappa shape index (κ1) is 20.7. The van der Waals surface area contributed by atoms with Crippen LogP contribution in [-0.2, 0) is 0 Å². The van der Waals surface area contributed by atoms with E-state index in [2.05, 4.69) is 20.6 Å². The van der Waals surface area contributed by atoms with Crippen molar-refractivity contribution < 1.29 is 9.59 Å². The number of para-hydroxylation sites is 1. The van der Waals surface area contributed by atoms with Gasteiger partial charge in [-0.1, -0.05) is 30.3 Å². The smallest absolute Gasteiger partial charge is 0.276 e. The van der Waals surface area contributed by atoms with E-state index in [4.69, 9.17) is 0 Å². The fourth-order valence-corrected chi connectivity index (χ4v) is 3.66. The van der Waals surface area contributed by atoms with Gasteiger partial charge in [-0.25, -0.2) is 4.98 Å². The largest absolute Gasteiger partial charge is 0.337 e. The van der Waals surface area contributed by atoms with E-state index >= 15 is 0 Å². The highest BCUT2D eigenvalue weighted by atomic mass is 16.2. The van der Waals surface area contributed by atoms with Crippen molar-refractivity contribution in [1.29, 1.82) is 0 Å². The molecule has 0 radical (unpaired) electrons. The molecular weight excluding hydrogens is 390 g/mol. The second kappa shape index (κ2) is 9.06. The van der Waals surface area contributed by atoms with Crippen LogP contribution < -0.4 is 10.6 Å². The van der Waals surface area contributed by atoms with Crippen LogP contribution in [-0.4, -0.2) is 52.9 Å². The third-order valence-electron chi connectivity index (χ3n) is 5.51. The van der Waals surface area contributed by atoms with Crippen LogP contribution >= 0.6 is 0 Å². The van der Waals surface area contributed by atoms with Crippen molar-refractivity contribution in [3.8, 4) is 11.3 Å². The summed E-state index contributed by atoms with van der Waals surface area (Å²) in [5.41, 5.74) is 3.55. The summed E-state index contributed by atoms with van der Waals surface area (Å²) in [4.78, 5) is 36.2. The average molecular weight is 415 g/mol. The standard InChI is InChI=1S/C24H25N5O2/c1-16-22(23(30)27-19-6-4-3-5-7-19)28-21(14-26-16)17-8-10-18(11-9-17)24(31)29-13-12-20(15-29)25-2/h3-11,14,20,25H,12-13,15H2,1-2H3,(H,27,30)/t20-/m0/s1. The summed E-state index contributed by atoms with van der Waals surface area (Å²) in [5.74, 6) is -0.278. The Hall–Kier alpha value is -3.58. The van der Waals surface area contributed by atoms with Crippen LogP contribution in [0.5, 0.6) is 0 Å². The summed E-state index contributed by atoms with van der Waals surface area (Å²) < 4.78 is 0. The lowest BCUT2D eigenvalue weighted by Gasteiger charge is -2.16. The molecule has 1 saturated heterocycles. The van der Waals surface area contributed by atoms with Gasteiger partial charge >= 0.3 is 0 Å². The van der Waals surface area contributed by atoms with Gasteiger partial charge < -0.3 is 15.5 Å². The third-order valence-corrected chi connectivity index (χ3v) is 5.51. The molecule has 0 bridgehead atoms. The van der Waals surface area contributed by atoms with Gasteiger partial charge in [-0.15, -0.1) is 0 Å². The monoisotopic (exact) mass is 415 g/mol. The number of aromatic nitrogens is 2. The van der Waals surface area contributed by atoms with Gasteiger partial charge in [0.15, 0.2) is 0 Å². The molecule has 0 spiro atoms. The van der Waals surface area contributed by atoms with Crippen LogP contribution in [0.4, 0.5) is 5.69 Å². The highest BCUT2D eigenvalue weighted by molar-refractivity contribution is 6.03. The quantitative estimate of drug-likeness (QED) is 0.669. The molecule has 4 rings (SSSR count). The number of carbonyl (C=O) groups is 2. The van der Waals surface area contributed by atoms with Crippen molar-refractivity contribution in [1.82, 2.24) is 20.2 Å². The van der Waals surface area contributed by atoms with Gasteiger partial charge in [-0.05, 0) is 44.7 Å². The zero-order valence-electron chi connectivity index (χ0n) is 17.6. The maximum atomic E-state index is 12.7. The van der Waals surface area contributed by atoms with Gasteiger partial charge in [0.05, 0.1) is 17.6 Å². The van der Waals surface area contributed by atoms with Gasteiger partial charge in [-0.3, -0.25) is 14.6 Å². The first-order chi connectivity index (χ1) is 15.0. The molecule has 1 fully saturated rings. The third kappa shape index (κ3) is 4.62. The molecule has 0 aliphatic carbocycles. The Morgan fingerprint density at radius 2 is 1.81 bits per heavy atom. The number of aryl methyl sites for hydroxylation is 1. The molecule has 0 unspecified atom stereocenters. The number of hydrogen-bond donors (Lipinski definition) is 2. The van der Waals surface area contributed by atoms with Crippen LogP contribution in [0.15, 0.2) is 60.8 Å². The molecule has 2 amide bonds. The Morgan fingerprint density at radius 1 is 1.06 bits per heavy atom. The second-order valence-electron chi connectivity index (χ2n) is 7.61. The Labute approximate surface area is 181 Å². The van der Waals surface area contributed by atoms with Crippen LogP contribution in [0.3, 0.4) is 0 Å². The molecule has 1 aliphatic rings. The summed E-state index contributed by atoms with van der Waals surface area (Å²) in [6, 6.07) is 16.9. The number of anilines is 1. The van der Waals surface area contributed by atoms with E-state index in [1.807, 2.05) is 54.4 Å². The van der Waals surface area contributed by atoms with E-state index in [1.54, 1.807) is 25.3 Å². The predicted molar refractivity (Wildman–Crippen MR) is 120 cm³/mol. The summed E-state index contributed by atoms with van der Waals surface area (Å²) in [5, 5.41) is 6.07. The van der Waals surface area contributed by atoms with Gasteiger partial charge in [-0.2, -0.15) is 0 Å². The number of likely N-dealkylation sites (tertiary alicyclic amines) is 1. The number of rotatable bonds is 5.